The van der Waals surface area contributed by atoms with Crippen LogP contribution in [-0.2, 0) is 6.42 Å². The minimum Gasteiger partial charge on any atom is -0.497 e. The summed E-state index contributed by atoms with van der Waals surface area (Å²) in [5.74, 6) is 0.569. The van der Waals surface area contributed by atoms with Crippen molar-refractivity contribution >= 4 is 22.4 Å². The molecule has 0 saturated carbocycles. The smallest absolute Gasteiger partial charge is 0.282 e. The highest BCUT2D eigenvalue weighted by atomic mass is 32.1. The predicted molar refractivity (Wildman–Crippen MR) is 73.4 cm³/mol. The molecule has 19 heavy (non-hydrogen) atoms. The molecule has 100 valence electrons. The molecule has 0 aliphatic rings. The third kappa shape index (κ3) is 3.65. The van der Waals surface area contributed by atoms with Crippen LogP contribution < -0.4 is 15.8 Å². The Balaban J connectivity index is 1.81. The van der Waals surface area contributed by atoms with Crippen LogP contribution in [0.2, 0.25) is 0 Å². The monoisotopic (exact) mass is 278 g/mol. The zero-order valence-electron chi connectivity index (χ0n) is 10.4. The van der Waals surface area contributed by atoms with Gasteiger partial charge in [0, 0.05) is 6.54 Å². The van der Waals surface area contributed by atoms with Gasteiger partial charge < -0.3 is 15.8 Å². The predicted octanol–water partition coefficient (Wildman–Crippen LogP) is 1.10. The van der Waals surface area contributed by atoms with Gasteiger partial charge in [-0.25, -0.2) is 0 Å². The lowest BCUT2D eigenvalue weighted by molar-refractivity contribution is 0.0953. The van der Waals surface area contributed by atoms with Gasteiger partial charge in [0.1, 0.15) is 5.75 Å². The number of nitrogens with zero attached hydrogens (tertiary/aromatic N) is 2. The molecule has 0 radical (unpaired) electrons. The normalized spacial score (nSPS) is 10.2. The number of anilines is 1. The molecule has 6 nitrogen and oxygen atoms in total. The Morgan fingerprint density at radius 1 is 1.37 bits per heavy atom. The molecule has 1 aromatic carbocycles. The number of carbonyl (C=O) groups excluding carboxylic acids is 1. The quantitative estimate of drug-likeness (QED) is 0.854. The molecule has 0 aliphatic heterocycles. The van der Waals surface area contributed by atoms with Crippen molar-refractivity contribution in [2.24, 2.45) is 0 Å². The number of rotatable bonds is 5. The fourth-order valence-corrected chi connectivity index (χ4v) is 2.04. The number of nitrogens with two attached hydrogens (primary N) is 1. The van der Waals surface area contributed by atoms with Crippen molar-refractivity contribution in [3.8, 4) is 5.75 Å². The molecule has 1 heterocycles. The Kier molecular flexibility index (Phi) is 4.30. The van der Waals surface area contributed by atoms with Gasteiger partial charge in [-0.1, -0.05) is 23.5 Å². The zero-order valence-corrected chi connectivity index (χ0v) is 11.2. The van der Waals surface area contributed by atoms with E-state index >= 15 is 0 Å². The van der Waals surface area contributed by atoms with Crippen molar-refractivity contribution in [3.63, 3.8) is 0 Å². The van der Waals surface area contributed by atoms with E-state index < -0.39 is 0 Å². The molecule has 0 saturated heterocycles. The minimum atomic E-state index is -0.247. The van der Waals surface area contributed by atoms with Crippen molar-refractivity contribution in [3.05, 3.63) is 34.8 Å². The Morgan fingerprint density at radius 2 is 2.11 bits per heavy atom. The molecule has 2 aromatic rings. The summed E-state index contributed by atoms with van der Waals surface area (Å²) < 4.78 is 5.08. The van der Waals surface area contributed by atoms with E-state index in [1.807, 2.05) is 24.3 Å². The summed E-state index contributed by atoms with van der Waals surface area (Å²) in [5.41, 5.74) is 6.54. The van der Waals surface area contributed by atoms with Crippen molar-refractivity contribution in [1.29, 1.82) is 0 Å². The highest BCUT2D eigenvalue weighted by molar-refractivity contribution is 7.16. The maximum atomic E-state index is 11.7. The molecule has 0 atom stereocenters. The second kappa shape index (κ2) is 6.14. The van der Waals surface area contributed by atoms with E-state index in [9.17, 15) is 4.79 Å². The maximum absolute atomic E-state index is 11.7. The summed E-state index contributed by atoms with van der Waals surface area (Å²) in [7, 11) is 1.63. The largest absolute Gasteiger partial charge is 0.497 e. The van der Waals surface area contributed by atoms with Crippen molar-refractivity contribution in [1.82, 2.24) is 15.5 Å². The van der Waals surface area contributed by atoms with Gasteiger partial charge in [-0.2, -0.15) is 0 Å². The standard InChI is InChI=1S/C12H14N4O2S/c1-18-9-4-2-8(3-5-9)6-7-14-10(17)11-15-16-12(13)19-11/h2-5H,6-7H2,1H3,(H2,13,16)(H,14,17). The number of benzene rings is 1. The number of ether oxygens (including phenoxy) is 1. The summed E-state index contributed by atoms with van der Waals surface area (Å²) in [5, 5.41) is 10.6. The summed E-state index contributed by atoms with van der Waals surface area (Å²) in [4.78, 5) is 11.7. The fourth-order valence-electron chi connectivity index (χ4n) is 1.51. The van der Waals surface area contributed by atoms with Crippen LogP contribution in [0, 0.1) is 0 Å². The Labute approximate surface area is 114 Å². The number of carbonyl (C=O) groups is 1. The van der Waals surface area contributed by atoms with E-state index in [0.29, 0.717) is 11.7 Å². The van der Waals surface area contributed by atoms with Gasteiger partial charge in [-0.05, 0) is 24.1 Å². The Morgan fingerprint density at radius 3 is 2.68 bits per heavy atom. The molecule has 3 N–H and O–H groups in total. The second-order valence-electron chi connectivity index (χ2n) is 3.80. The van der Waals surface area contributed by atoms with E-state index in [0.717, 1.165) is 29.1 Å². The SMILES string of the molecule is COc1ccc(CCNC(=O)c2nnc(N)s2)cc1. The molecule has 0 fully saturated rings. The third-order valence-corrected chi connectivity index (χ3v) is 3.24. The highest BCUT2D eigenvalue weighted by Gasteiger charge is 2.10. The first-order chi connectivity index (χ1) is 9.19. The number of nitrogen functional groups attached to an aromatic ring is 1. The van der Waals surface area contributed by atoms with E-state index in [1.54, 1.807) is 7.11 Å². The number of hydrogen-bond donors (Lipinski definition) is 2. The van der Waals surface area contributed by atoms with Crippen LogP contribution in [0.15, 0.2) is 24.3 Å². The van der Waals surface area contributed by atoms with Crippen molar-refractivity contribution in [2.75, 3.05) is 19.4 Å². The van der Waals surface area contributed by atoms with Crippen LogP contribution in [0.1, 0.15) is 15.4 Å². The molecule has 0 bridgehead atoms. The lowest BCUT2D eigenvalue weighted by Gasteiger charge is -2.04. The van der Waals surface area contributed by atoms with E-state index in [2.05, 4.69) is 15.5 Å². The van der Waals surface area contributed by atoms with Crippen LogP contribution in [0.25, 0.3) is 0 Å². The van der Waals surface area contributed by atoms with Gasteiger partial charge >= 0.3 is 0 Å². The van der Waals surface area contributed by atoms with E-state index in [-0.39, 0.29) is 10.9 Å². The van der Waals surface area contributed by atoms with Gasteiger partial charge in [0.25, 0.3) is 5.91 Å². The van der Waals surface area contributed by atoms with E-state index in [4.69, 9.17) is 10.5 Å². The first-order valence-electron chi connectivity index (χ1n) is 5.69. The molecular formula is C12H14N4O2S. The van der Waals surface area contributed by atoms with Crippen LogP contribution in [0.3, 0.4) is 0 Å². The number of hydrogen-bond acceptors (Lipinski definition) is 6. The van der Waals surface area contributed by atoms with Gasteiger partial charge in [0.05, 0.1) is 7.11 Å². The molecule has 0 aliphatic carbocycles. The molecular weight excluding hydrogens is 264 g/mol. The van der Waals surface area contributed by atoms with Crippen LogP contribution in [0.4, 0.5) is 5.13 Å². The summed E-state index contributed by atoms with van der Waals surface area (Å²) >= 11 is 1.07. The van der Waals surface area contributed by atoms with Crippen LogP contribution >= 0.6 is 11.3 Å². The Bertz CT molecular complexity index is 553. The average molecular weight is 278 g/mol. The molecule has 7 heteroatoms. The molecule has 1 amide bonds. The minimum absolute atomic E-state index is 0.247. The second-order valence-corrected chi connectivity index (χ2v) is 4.81. The van der Waals surface area contributed by atoms with Crippen LogP contribution in [0.5, 0.6) is 5.75 Å². The topological polar surface area (TPSA) is 90.1 Å². The lowest BCUT2D eigenvalue weighted by Crippen LogP contribution is -2.25. The third-order valence-electron chi connectivity index (χ3n) is 2.49. The highest BCUT2D eigenvalue weighted by Crippen LogP contribution is 2.12. The van der Waals surface area contributed by atoms with E-state index in [1.165, 1.54) is 0 Å². The molecule has 1 aromatic heterocycles. The first kappa shape index (κ1) is 13.3. The summed E-state index contributed by atoms with van der Waals surface area (Å²) in [6.07, 6.45) is 0.740. The molecule has 0 unspecified atom stereocenters. The summed E-state index contributed by atoms with van der Waals surface area (Å²) in [6.45, 7) is 0.532. The van der Waals surface area contributed by atoms with Gasteiger partial charge in [0.15, 0.2) is 0 Å². The van der Waals surface area contributed by atoms with Crippen molar-refractivity contribution in [2.45, 2.75) is 6.42 Å². The number of amides is 1. The zero-order chi connectivity index (χ0) is 13.7. The number of methoxy groups -OCH3 is 1. The molecule has 2 rings (SSSR count). The lowest BCUT2D eigenvalue weighted by atomic mass is 10.1. The Hall–Kier alpha value is -2.15. The number of aromatic nitrogens is 2. The van der Waals surface area contributed by atoms with Crippen LogP contribution in [-0.4, -0.2) is 29.8 Å². The maximum Gasteiger partial charge on any atom is 0.282 e. The van der Waals surface area contributed by atoms with Gasteiger partial charge in [0.2, 0.25) is 10.1 Å². The summed E-state index contributed by atoms with van der Waals surface area (Å²) in [6, 6.07) is 7.72. The van der Waals surface area contributed by atoms with Crippen molar-refractivity contribution < 1.29 is 9.53 Å². The van der Waals surface area contributed by atoms with Gasteiger partial charge in [-0.15, -0.1) is 10.2 Å². The number of nitrogens with one attached hydrogen (secondary N) is 1. The first-order valence-corrected chi connectivity index (χ1v) is 6.51. The fraction of sp³-hybridized carbons (Fsp3) is 0.250. The molecule has 0 spiro atoms. The average Bonchev–Trinajstić information content (AvgIpc) is 2.86. The van der Waals surface area contributed by atoms with Gasteiger partial charge in [-0.3, -0.25) is 4.79 Å².